The first-order valence-corrected chi connectivity index (χ1v) is 11.7. The molecular weight excluding hydrogens is 456 g/mol. The van der Waals surface area contributed by atoms with Gasteiger partial charge in [-0.2, -0.15) is 0 Å². The molecule has 0 aromatic heterocycles. The number of amides is 4. The van der Waals surface area contributed by atoms with Gasteiger partial charge in [0.15, 0.2) is 6.61 Å². The molecule has 1 aromatic rings. The number of carbonyl (C=O) groups excluding carboxylic acids is 4. The zero-order valence-corrected chi connectivity index (χ0v) is 20.1. The van der Waals surface area contributed by atoms with Gasteiger partial charge in [0.2, 0.25) is 17.7 Å². The first-order valence-electron chi connectivity index (χ1n) is 11.7. The molecule has 0 unspecified atom stereocenters. The molecule has 11 nitrogen and oxygen atoms in total. The number of rotatable bonds is 2. The van der Waals surface area contributed by atoms with E-state index in [4.69, 9.17) is 4.74 Å². The number of carboxylic acid groups (broad SMARTS) is 1. The number of carboxylic acids is 1. The molecular formula is C24H32N4O7. The van der Waals surface area contributed by atoms with Crippen molar-refractivity contribution in [3.63, 3.8) is 0 Å². The molecule has 0 radical (unpaired) electrons. The van der Waals surface area contributed by atoms with E-state index in [0.29, 0.717) is 30.7 Å². The van der Waals surface area contributed by atoms with Crippen molar-refractivity contribution < 1.29 is 33.8 Å². The van der Waals surface area contributed by atoms with Crippen molar-refractivity contribution in [1.29, 1.82) is 0 Å². The topological polar surface area (TPSA) is 154 Å². The second-order valence-electron chi connectivity index (χ2n) is 9.25. The molecule has 2 bridgehead atoms. The molecule has 3 heterocycles. The monoisotopic (exact) mass is 488 g/mol. The highest BCUT2D eigenvalue weighted by molar-refractivity contribution is 5.95. The van der Waals surface area contributed by atoms with E-state index in [1.54, 1.807) is 38.1 Å². The third kappa shape index (κ3) is 6.49. The highest BCUT2D eigenvalue weighted by Gasteiger charge is 2.39. The Kier molecular flexibility index (Phi) is 8.31. The zero-order chi connectivity index (χ0) is 25.7. The van der Waals surface area contributed by atoms with Crippen molar-refractivity contribution in [1.82, 2.24) is 20.9 Å². The summed E-state index contributed by atoms with van der Waals surface area (Å²) in [5.41, 5.74) is 0.635. The van der Waals surface area contributed by atoms with E-state index in [-0.39, 0.29) is 24.9 Å². The van der Waals surface area contributed by atoms with Crippen LogP contribution >= 0.6 is 0 Å². The number of benzene rings is 1. The third-order valence-corrected chi connectivity index (χ3v) is 6.19. The van der Waals surface area contributed by atoms with E-state index in [2.05, 4.69) is 16.0 Å². The lowest BCUT2D eigenvalue weighted by molar-refractivity contribution is -0.144. The fraction of sp³-hybridized carbons (Fsp3) is 0.542. The second-order valence-corrected chi connectivity index (χ2v) is 9.25. The van der Waals surface area contributed by atoms with Gasteiger partial charge in [0.05, 0.1) is 0 Å². The van der Waals surface area contributed by atoms with Gasteiger partial charge in [-0.3, -0.25) is 19.2 Å². The van der Waals surface area contributed by atoms with E-state index in [1.165, 1.54) is 11.8 Å². The lowest BCUT2D eigenvalue weighted by atomic mass is 10.0. The van der Waals surface area contributed by atoms with Crippen molar-refractivity contribution >= 4 is 29.6 Å². The minimum Gasteiger partial charge on any atom is -0.484 e. The molecule has 0 saturated carbocycles. The van der Waals surface area contributed by atoms with Crippen LogP contribution in [0.15, 0.2) is 24.3 Å². The Hall–Kier alpha value is -3.63. The maximum Gasteiger partial charge on any atom is 0.326 e. The van der Waals surface area contributed by atoms with E-state index >= 15 is 0 Å². The summed E-state index contributed by atoms with van der Waals surface area (Å²) >= 11 is 0. The van der Waals surface area contributed by atoms with Crippen molar-refractivity contribution in [2.45, 2.75) is 64.2 Å². The Morgan fingerprint density at radius 1 is 1.06 bits per heavy atom. The number of carbonyl (C=O) groups is 5. The van der Waals surface area contributed by atoms with Gasteiger partial charge in [-0.1, -0.05) is 26.0 Å². The molecule has 35 heavy (non-hydrogen) atoms. The predicted molar refractivity (Wildman–Crippen MR) is 124 cm³/mol. The Labute approximate surface area is 203 Å². The summed E-state index contributed by atoms with van der Waals surface area (Å²) in [7, 11) is 0. The highest BCUT2D eigenvalue weighted by atomic mass is 16.5. The quantitative estimate of drug-likeness (QED) is 0.451. The van der Waals surface area contributed by atoms with Crippen LogP contribution in [0, 0.1) is 5.92 Å². The van der Waals surface area contributed by atoms with Crippen molar-refractivity contribution in [3.05, 3.63) is 29.8 Å². The largest absolute Gasteiger partial charge is 0.484 e. The molecule has 1 fully saturated rings. The summed E-state index contributed by atoms with van der Waals surface area (Å²) in [6.45, 7) is 5.09. The van der Waals surface area contributed by atoms with Crippen molar-refractivity contribution in [2.75, 3.05) is 13.2 Å². The summed E-state index contributed by atoms with van der Waals surface area (Å²) < 4.78 is 5.52. The normalized spacial score (nSPS) is 26.6. The molecule has 190 valence electrons. The number of hydrogen-bond donors (Lipinski definition) is 4. The van der Waals surface area contributed by atoms with E-state index in [1.807, 2.05) is 0 Å². The molecule has 4 amide bonds. The summed E-state index contributed by atoms with van der Waals surface area (Å²) in [5.74, 6) is -3.06. The molecule has 4 N–H and O–H groups in total. The van der Waals surface area contributed by atoms with Crippen molar-refractivity contribution in [3.8, 4) is 5.75 Å². The maximum atomic E-state index is 13.3. The number of fused-ring (bicyclic) bond motifs is 13. The van der Waals surface area contributed by atoms with Crippen LogP contribution in [0.3, 0.4) is 0 Å². The van der Waals surface area contributed by atoms with Gasteiger partial charge in [-0.05, 0) is 43.4 Å². The summed E-state index contributed by atoms with van der Waals surface area (Å²) in [5, 5.41) is 17.4. The lowest BCUT2D eigenvalue weighted by Crippen LogP contribution is -2.57. The summed E-state index contributed by atoms with van der Waals surface area (Å²) in [6.07, 6.45) is 1.03. The van der Waals surface area contributed by atoms with E-state index < -0.39 is 47.9 Å². The van der Waals surface area contributed by atoms with Gasteiger partial charge in [-0.25, -0.2) is 4.79 Å². The first kappa shape index (κ1) is 26.0. The van der Waals surface area contributed by atoms with Crippen LogP contribution in [0.4, 0.5) is 0 Å². The van der Waals surface area contributed by atoms with Crippen LogP contribution in [-0.4, -0.2) is 76.9 Å². The predicted octanol–water partition coefficient (Wildman–Crippen LogP) is -0.173. The Morgan fingerprint density at radius 2 is 1.74 bits per heavy atom. The van der Waals surface area contributed by atoms with Gasteiger partial charge in [0.1, 0.15) is 29.9 Å². The minimum atomic E-state index is -1.22. The van der Waals surface area contributed by atoms with Crippen LogP contribution in [0.2, 0.25) is 0 Å². The smallest absolute Gasteiger partial charge is 0.326 e. The van der Waals surface area contributed by atoms with Crippen LogP contribution in [0.25, 0.3) is 0 Å². The lowest BCUT2D eigenvalue weighted by Gasteiger charge is -2.31. The molecule has 3 aliphatic heterocycles. The molecule has 1 aromatic carbocycles. The van der Waals surface area contributed by atoms with Crippen LogP contribution in [0.5, 0.6) is 5.75 Å². The third-order valence-electron chi connectivity index (χ3n) is 6.19. The maximum absolute atomic E-state index is 13.3. The molecule has 0 spiro atoms. The second kappa shape index (κ2) is 11.2. The summed E-state index contributed by atoms with van der Waals surface area (Å²) in [4.78, 5) is 64.6. The average molecular weight is 489 g/mol. The molecule has 4 rings (SSSR count). The van der Waals surface area contributed by atoms with E-state index in [9.17, 15) is 29.1 Å². The Balaban J connectivity index is 1.88. The molecule has 1 saturated heterocycles. The number of nitrogens with one attached hydrogen (secondary N) is 3. The fourth-order valence-electron chi connectivity index (χ4n) is 4.19. The van der Waals surface area contributed by atoms with Gasteiger partial charge >= 0.3 is 5.97 Å². The van der Waals surface area contributed by atoms with Crippen LogP contribution < -0.4 is 20.7 Å². The van der Waals surface area contributed by atoms with Gasteiger partial charge in [-0.15, -0.1) is 0 Å². The number of nitrogens with zero attached hydrogens (tertiary/aromatic N) is 1. The van der Waals surface area contributed by atoms with Gasteiger partial charge < -0.3 is 30.7 Å². The van der Waals surface area contributed by atoms with Crippen molar-refractivity contribution in [2.24, 2.45) is 5.92 Å². The number of aliphatic carboxylic acids is 1. The first-order chi connectivity index (χ1) is 16.6. The molecule has 11 heteroatoms. The molecule has 4 atom stereocenters. The molecule has 3 aliphatic rings. The average Bonchev–Trinajstić information content (AvgIpc) is 3.30. The van der Waals surface area contributed by atoms with Gasteiger partial charge in [0.25, 0.3) is 5.91 Å². The minimum absolute atomic E-state index is 0.0173. The SMILES string of the molecule is CC(C)[C@H]1NC(=O)COc2ccc(cc2)C[C@@H](C(=O)O)NC(=O)[C@H](C)NC(=O)[C@@H]2CCCN2C1=O. The van der Waals surface area contributed by atoms with Gasteiger partial charge in [0, 0.05) is 13.0 Å². The van der Waals surface area contributed by atoms with Crippen LogP contribution in [-0.2, 0) is 30.4 Å². The van der Waals surface area contributed by atoms with E-state index in [0.717, 1.165) is 0 Å². The molecule has 0 aliphatic carbocycles. The summed E-state index contributed by atoms with van der Waals surface area (Å²) in [6, 6.07) is 2.62. The number of hydrogen-bond acceptors (Lipinski definition) is 6. The zero-order valence-electron chi connectivity index (χ0n) is 20.1. The standard InChI is InChI=1S/C24H32N4O7/c1-13(2)20-23(32)28-10-4-5-18(28)22(31)25-14(3)21(30)26-17(24(33)34)11-15-6-8-16(9-7-15)35-12-19(29)27-20/h6-9,13-14,17-18,20H,4-5,10-12H2,1-3H3,(H,25,31)(H,26,30)(H,27,29)(H,33,34)/t14-,17-,18-,20+/m0/s1. The Morgan fingerprint density at radius 3 is 2.37 bits per heavy atom. The Bertz CT molecular complexity index is 979. The van der Waals surface area contributed by atoms with Crippen LogP contribution in [0.1, 0.15) is 39.2 Å². The number of ether oxygens (including phenoxy) is 1. The highest BCUT2D eigenvalue weighted by Crippen LogP contribution is 2.21. The fourth-order valence-corrected chi connectivity index (χ4v) is 4.19.